The van der Waals surface area contributed by atoms with Crippen molar-refractivity contribution in [3.8, 4) is 0 Å². The third-order valence-electron chi connectivity index (χ3n) is 7.48. The predicted molar refractivity (Wildman–Crippen MR) is 194 cm³/mol. The molecule has 0 spiro atoms. The second-order valence-electron chi connectivity index (χ2n) is 13.3. The normalized spacial score (nSPS) is 12.3. The zero-order valence-electron chi connectivity index (χ0n) is 29.5. The van der Waals surface area contributed by atoms with Crippen molar-refractivity contribution in [2.24, 2.45) is 5.92 Å². The summed E-state index contributed by atoms with van der Waals surface area (Å²) in [4.78, 5) is 54.0. The van der Waals surface area contributed by atoms with Gasteiger partial charge in [-0.2, -0.15) is 0 Å². The van der Waals surface area contributed by atoms with E-state index < -0.39 is 35.9 Å². The number of carbonyl (C=O) groups is 4. The van der Waals surface area contributed by atoms with E-state index in [2.05, 4.69) is 21.3 Å². The molecule has 0 saturated heterocycles. The first kappa shape index (κ1) is 39.7. The largest absolute Gasteiger partial charge is 0.445 e. The van der Waals surface area contributed by atoms with Crippen LogP contribution in [0.2, 0.25) is 5.02 Å². The molecule has 0 heterocycles. The van der Waals surface area contributed by atoms with Gasteiger partial charge in [-0.15, -0.1) is 0 Å². The van der Waals surface area contributed by atoms with E-state index in [1.807, 2.05) is 80.6 Å². The van der Waals surface area contributed by atoms with Gasteiger partial charge in [-0.1, -0.05) is 104 Å². The molecule has 11 nitrogen and oxygen atoms in total. The number of carbonyl (C=O) groups excluding carboxylic acids is 4. The van der Waals surface area contributed by atoms with Gasteiger partial charge in [0.15, 0.2) is 0 Å². The lowest BCUT2D eigenvalue weighted by Gasteiger charge is -2.30. The Balaban J connectivity index is 1.61. The minimum absolute atomic E-state index is 0.0391. The summed E-state index contributed by atoms with van der Waals surface area (Å²) in [7, 11) is 0. The van der Waals surface area contributed by atoms with Crippen LogP contribution >= 0.6 is 11.6 Å². The van der Waals surface area contributed by atoms with Gasteiger partial charge in [0.2, 0.25) is 5.91 Å². The van der Waals surface area contributed by atoms with Gasteiger partial charge in [-0.25, -0.2) is 14.4 Å². The molecule has 0 aliphatic rings. The van der Waals surface area contributed by atoms with Crippen LogP contribution in [-0.2, 0) is 34.0 Å². The number of halogens is 1. The van der Waals surface area contributed by atoms with Gasteiger partial charge >= 0.3 is 18.2 Å². The predicted octanol–water partition coefficient (Wildman–Crippen LogP) is 7.14. The fourth-order valence-electron chi connectivity index (χ4n) is 4.85. The average molecular weight is 708 g/mol. The van der Waals surface area contributed by atoms with Crippen LogP contribution in [0.15, 0.2) is 84.9 Å². The molecule has 50 heavy (non-hydrogen) atoms. The van der Waals surface area contributed by atoms with Crippen molar-refractivity contribution in [1.29, 1.82) is 0 Å². The number of urea groups is 1. The zero-order chi connectivity index (χ0) is 36.5. The first-order chi connectivity index (χ1) is 23.8. The van der Waals surface area contributed by atoms with Gasteiger partial charge < -0.3 is 35.6 Å². The lowest BCUT2D eigenvalue weighted by Crippen LogP contribution is -2.58. The number of rotatable bonds is 16. The standard InChI is InChI=1S/C38H50ClN5O6/c1-27(2)33(43-35(46)44(24-28-16-8-6-9-17-28)25-29-18-10-7-11-19-29)42-34(45)32(41-37(48)50-38(3,4)5)22-14-15-23-40-36(47)49-26-30-20-12-13-21-31(30)39/h6-13,16-21,27,32-33H,14-15,22-26H2,1-5H3,(H,40,47)(H,41,48)(H,42,45)(H,43,46)/t32-,33+/m0/s1. The number of ether oxygens (including phenoxy) is 2. The molecule has 270 valence electrons. The molecular formula is C38H50ClN5O6. The number of amides is 5. The molecule has 0 aromatic heterocycles. The Kier molecular flexibility index (Phi) is 15.9. The molecule has 3 rings (SSSR count). The Bertz CT molecular complexity index is 1480. The number of benzene rings is 3. The summed E-state index contributed by atoms with van der Waals surface area (Å²) < 4.78 is 10.7. The highest BCUT2D eigenvalue weighted by Crippen LogP contribution is 2.16. The van der Waals surface area contributed by atoms with Crippen LogP contribution in [0.1, 0.15) is 70.6 Å². The third-order valence-corrected chi connectivity index (χ3v) is 7.84. The molecule has 0 fully saturated rings. The van der Waals surface area contributed by atoms with Crippen molar-refractivity contribution in [2.45, 2.75) is 91.4 Å². The number of hydrogen-bond acceptors (Lipinski definition) is 6. The van der Waals surface area contributed by atoms with Crippen molar-refractivity contribution in [2.75, 3.05) is 6.54 Å². The Morgan fingerprint density at radius 1 is 0.760 bits per heavy atom. The molecule has 2 atom stereocenters. The van der Waals surface area contributed by atoms with E-state index in [9.17, 15) is 19.2 Å². The summed E-state index contributed by atoms with van der Waals surface area (Å²) in [6.07, 6.45) is -0.801. The third kappa shape index (κ3) is 14.8. The average Bonchev–Trinajstić information content (AvgIpc) is 3.06. The number of nitrogens with one attached hydrogen (secondary N) is 4. The van der Waals surface area contributed by atoms with Gasteiger partial charge in [0.1, 0.15) is 24.4 Å². The van der Waals surface area contributed by atoms with Gasteiger partial charge in [0.25, 0.3) is 0 Å². The molecule has 4 N–H and O–H groups in total. The Morgan fingerprint density at radius 2 is 1.34 bits per heavy atom. The van der Waals surface area contributed by atoms with E-state index in [1.54, 1.807) is 43.9 Å². The summed E-state index contributed by atoms with van der Waals surface area (Å²) in [5.74, 6) is -0.652. The van der Waals surface area contributed by atoms with Crippen molar-refractivity contribution >= 4 is 35.7 Å². The molecule has 12 heteroatoms. The van der Waals surface area contributed by atoms with E-state index in [1.165, 1.54) is 0 Å². The Hall–Kier alpha value is -4.77. The summed E-state index contributed by atoms with van der Waals surface area (Å²) in [5.41, 5.74) is 1.86. The molecule has 0 radical (unpaired) electrons. The van der Waals surface area contributed by atoms with Crippen LogP contribution < -0.4 is 21.3 Å². The summed E-state index contributed by atoms with van der Waals surface area (Å²) >= 11 is 6.12. The first-order valence-electron chi connectivity index (χ1n) is 16.9. The van der Waals surface area contributed by atoms with E-state index >= 15 is 0 Å². The van der Waals surface area contributed by atoms with Crippen LogP contribution in [0.4, 0.5) is 14.4 Å². The maximum absolute atomic E-state index is 13.7. The van der Waals surface area contributed by atoms with Crippen molar-refractivity contribution in [3.05, 3.63) is 107 Å². The monoisotopic (exact) mass is 707 g/mol. The van der Waals surface area contributed by atoms with Crippen LogP contribution in [0.5, 0.6) is 0 Å². The van der Waals surface area contributed by atoms with Crippen LogP contribution in [0.25, 0.3) is 0 Å². The fourth-order valence-corrected chi connectivity index (χ4v) is 5.04. The smallest absolute Gasteiger partial charge is 0.408 e. The number of unbranched alkanes of at least 4 members (excludes halogenated alkanes) is 1. The lowest BCUT2D eigenvalue weighted by molar-refractivity contribution is -0.124. The molecular weight excluding hydrogens is 658 g/mol. The first-order valence-corrected chi connectivity index (χ1v) is 17.3. The van der Waals surface area contributed by atoms with E-state index in [0.29, 0.717) is 43.1 Å². The molecule has 3 aromatic carbocycles. The maximum atomic E-state index is 13.7. The van der Waals surface area contributed by atoms with E-state index in [0.717, 1.165) is 11.1 Å². The highest BCUT2D eigenvalue weighted by molar-refractivity contribution is 6.31. The molecule has 0 aliphatic carbocycles. The molecule has 0 saturated carbocycles. The number of alkyl carbamates (subject to hydrolysis) is 2. The molecule has 0 unspecified atom stereocenters. The Morgan fingerprint density at radius 3 is 1.90 bits per heavy atom. The topological polar surface area (TPSA) is 138 Å². The van der Waals surface area contributed by atoms with Gasteiger partial charge in [-0.3, -0.25) is 4.79 Å². The summed E-state index contributed by atoms with van der Waals surface area (Å²) in [6, 6.07) is 25.2. The molecule has 0 bridgehead atoms. The van der Waals surface area contributed by atoms with Crippen LogP contribution in [0, 0.1) is 5.92 Å². The van der Waals surface area contributed by atoms with Gasteiger partial charge in [0.05, 0.1) is 0 Å². The summed E-state index contributed by atoms with van der Waals surface area (Å²) in [6.45, 7) is 10.0. The minimum Gasteiger partial charge on any atom is -0.445 e. The highest BCUT2D eigenvalue weighted by Gasteiger charge is 2.28. The van der Waals surface area contributed by atoms with E-state index in [-0.39, 0.29) is 25.0 Å². The summed E-state index contributed by atoms with van der Waals surface area (Å²) in [5, 5.41) is 11.8. The molecule has 3 aromatic rings. The zero-order valence-corrected chi connectivity index (χ0v) is 30.3. The second-order valence-corrected chi connectivity index (χ2v) is 13.7. The van der Waals surface area contributed by atoms with Gasteiger partial charge in [0, 0.05) is 30.2 Å². The Labute approximate surface area is 300 Å². The molecule has 5 amide bonds. The SMILES string of the molecule is CC(C)[C@H](NC(=O)[C@H](CCCCNC(=O)OCc1ccccc1Cl)NC(=O)OC(C)(C)C)NC(=O)N(Cc1ccccc1)Cc1ccccc1. The highest BCUT2D eigenvalue weighted by atomic mass is 35.5. The van der Waals surface area contributed by atoms with Crippen LogP contribution in [0.3, 0.4) is 0 Å². The maximum Gasteiger partial charge on any atom is 0.408 e. The van der Waals surface area contributed by atoms with Crippen molar-refractivity contribution in [3.63, 3.8) is 0 Å². The number of nitrogens with zero attached hydrogens (tertiary/aromatic N) is 1. The quantitative estimate of drug-likeness (QED) is 0.0923. The van der Waals surface area contributed by atoms with Crippen molar-refractivity contribution in [1.82, 2.24) is 26.2 Å². The second kappa shape index (κ2) is 20.0. The fraction of sp³-hybridized carbons (Fsp3) is 0.421. The van der Waals surface area contributed by atoms with E-state index in [4.69, 9.17) is 21.1 Å². The number of hydrogen-bond donors (Lipinski definition) is 4. The van der Waals surface area contributed by atoms with Crippen molar-refractivity contribution < 1.29 is 28.7 Å². The van der Waals surface area contributed by atoms with Gasteiger partial charge in [-0.05, 0) is 63.1 Å². The lowest BCUT2D eigenvalue weighted by atomic mass is 10.1. The molecule has 0 aliphatic heterocycles. The van der Waals surface area contributed by atoms with Crippen LogP contribution in [-0.4, -0.2) is 53.4 Å². The minimum atomic E-state index is -0.958.